The molecule has 1 unspecified atom stereocenters. The number of nitrogens with one attached hydrogen (secondary N) is 1. The number of rotatable bonds is 12. The highest BCUT2D eigenvalue weighted by atomic mass is 28.4. The van der Waals surface area contributed by atoms with E-state index in [9.17, 15) is 0 Å². The molecule has 1 atom stereocenters. The molecule has 0 amide bonds. The van der Waals surface area contributed by atoms with E-state index in [0.717, 1.165) is 25.2 Å². The third-order valence-electron chi connectivity index (χ3n) is 2.96. The number of hydrogen-bond acceptors (Lipinski definition) is 5. The first-order valence-corrected chi connectivity index (χ1v) is 21.1. The van der Waals surface area contributed by atoms with Gasteiger partial charge in [-0.1, -0.05) is 7.43 Å². The molecule has 0 saturated heterocycles. The second-order valence-electron chi connectivity index (χ2n) is 8.92. The van der Waals surface area contributed by atoms with Gasteiger partial charge in [0.25, 0.3) is 0 Å². The van der Waals surface area contributed by atoms with Crippen LogP contribution in [0.4, 0.5) is 0 Å². The van der Waals surface area contributed by atoms with Gasteiger partial charge < -0.3 is 23.7 Å². The van der Waals surface area contributed by atoms with Gasteiger partial charge in [0.05, 0.1) is 6.23 Å². The van der Waals surface area contributed by atoms with E-state index in [-0.39, 0.29) is 7.43 Å². The predicted octanol–water partition coefficient (Wildman–Crippen LogP) is 4.05. The lowest BCUT2D eigenvalue weighted by Gasteiger charge is -2.38. The van der Waals surface area contributed by atoms with Gasteiger partial charge in [-0.25, -0.2) is 0 Å². The molecule has 0 aromatic carbocycles. The van der Waals surface area contributed by atoms with Gasteiger partial charge in [0.1, 0.15) is 0 Å². The van der Waals surface area contributed by atoms with Crippen molar-refractivity contribution in [3.63, 3.8) is 0 Å². The fourth-order valence-electron chi connectivity index (χ4n) is 2.62. The fraction of sp³-hybridized carbons (Fsp3) is 1.00. The first-order chi connectivity index (χ1) is 10.2. The summed E-state index contributed by atoms with van der Waals surface area (Å²) < 4.78 is 19.3. The number of nitrogens with two attached hydrogens (primary N) is 1. The molecule has 3 N–H and O–H groups in total. The van der Waals surface area contributed by atoms with Crippen LogP contribution in [0.1, 0.15) is 13.8 Å². The molecule has 0 aromatic rings. The van der Waals surface area contributed by atoms with Crippen LogP contribution in [0.3, 0.4) is 0 Å². The maximum Gasteiger partial charge on any atom is 0.324 e. The Bertz CT molecular complexity index is 347. The molecule has 0 saturated carbocycles. The van der Waals surface area contributed by atoms with E-state index in [2.05, 4.69) is 64.2 Å². The summed E-state index contributed by atoms with van der Waals surface area (Å²) in [5.41, 5.74) is 5.49. The van der Waals surface area contributed by atoms with Crippen molar-refractivity contribution in [2.45, 2.75) is 78.8 Å². The average molecular weight is 413 g/mol. The fourth-order valence-corrected chi connectivity index (χ4v) is 18.9. The van der Waals surface area contributed by atoms with Crippen molar-refractivity contribution in [1.82, 2.24) is 5.32 Å². The Hall–Kier alpha value is 0.668. The van der Waals surface area contributed by atoms with E-state index in [4.69, 9.17) is 18.4 Å². The third-order valence-corrected chi connectivity index (χ3v) is 14.9. The van der Waals surface area contributed by atoms with E-state index < -0.39 is 33.5 Å². The molecule has 0 fully saturated rings. The van der Waals surface area contributed by atoms with Crippen molar-refractivity contribution in [3.05, 3.63) is 0 Å². The van der Waals surface area contributed by atoms with Crippen molar-refractivity contribution < 1.29 is 12.7 Å². The van der Waals surface area contributed by atoms with E-state index in [0.29, 0.717) is 6.67 Å². The molecule has 0 aliphatic rings. The first-order valence-electron chi connectivity index (χ1n) is 8.63. The molecular formula is C15H44N2O3Si4. The Kier molecular flexibility index (Phi) is 12.0. The molecule has 0 heterocycles. The normalized spacial score (nSPS) is 15.8. The summed E-state index contributed by atoms with van der Waals surface area (Å²) in [6.07, 6.45) is 1.77. The minimum atomic E-state index is -2.17. The molecule has 0 aliphatic heterocycles. The summed E-state index contributed by atoms with van der Waals surface area (Å²) in [5.74, 6) is 0. The highest BCUT2D eigenvalue weighted by molar-refractivity contribution is 6.85. The molecule has 148 valence electrons. The van der Waals surface area contributed by atoms with Crippen LogP contribution in [0.15, 0.2) is 0 Å². The van der Waals surface area contributed by atoms with Crippen LogP contribution in [-0.4, -0.2) is 53.0 Å². The van der Waals surface area contributed by atoms with Crippen molar-refractivity contribution >= 4 is 33.5 Å². The molecular weight excluding hydrogens is 369 g/mol. The summed E-state index contributed by atoms with van der Waals surface area (Å²) in [6.45, 7) is 21.6. The van der Waals surface area contributed by atoms with Gasteiger partial charge in [-0.05, 0) is 77.9 Å². The Morgan fingerprint density at radius 3 is 1.75 bits per heavy atom. The maximum atomic E-state index is 6.51. The molecule has 0 radical (unpaired) electrons. The Morgan fingerprint density at radius 1 is 0.833 bits per heavy atom. The van der Waals surface area contributed by atoms with E-state index >= 15 is 0 Å². The zero-order valence-electron chi connectivity index (χ0n) is 16.8. The lowest BCUT2D eigenvalue weighted by molar-refractivity contribution is 0.266. The van der Waals surface area contributed by atoms with Gasteiger partial charge in [0.15, 0.2) is 25.0 Å². The Morgan fingerprint density at radius 2 is 1.33 bits per heavy atom. The molecule has 0 rings (SSSR count). The topological polar surface area (TPSA) is 65.7 Å². The number of hydrogen-bond donors (Lipinski definition) is 2. The summed E-state index contributed by atoms with van der Waals surface area (Å²) in [5, 5.41) is 3.18. The summed E-state index contributed by atoms with van der Waals surface area (Å²) in [4.78, 5) is 0. The summed E-state index contributed by atoms with van der Waals surface area (Å²) >= 11 is 0. The monoisotopic (exact) mass is 412 g/mol. The second kappa shape index (κ2) is 10.7. The van der Waals surface area contributed by atoms with Crippen molar-refractivity contribution in [2.75, 3.05) is 19.4 Å². The lowest BCUT2D eigenvalue weighted by atomic mass is 10.5. The Balaban J connectivity index is 0. The largest absolute Gasteiger partial charge is 0.454 e. The van der Waals surface area contributed by atoms with Crippen LogP contribution in [0.25, 0.3) is 0 Å². The van der Waals surface area contributed by atoms with E-state index in [1.807, 2.05) is 0 Å². The quantitative estimate of drug-likeness (QED) is 0.287. The van der Waals surface area contributed by atoms with Gasteiger partial charge in [0, 0.05) is 6.67 Å². The lowest BCUT2D eigenvalue weighted by Crippen LogP contribution is -2.53. The molecule has 9 heteroatoms. The third kappa shape index (κ3) is 15.0. The SMILES string of the molecule is C.C[Si](C)(C)O[Si](C)(C)CO[Si](C)(CCCNCN)O[Si](C)(C)C. The molecule has 0 aliphatic carbocycles. The molecule has 5 nitrogen and oxygen atoms in total. The maximum absolute atomic E-state index is 6.51. The van der Waals surface area contributed by atoms with Crippen molar-refractivity contribution in [2.24, 2.45) is 5.73 Å². The average Bonchev–Trinajstić information content (AvgIpc) is 2.28. The van der Waals surface area contributed by atoms with Gasteiger partial charge >= 0.3 is 8.56 Å². The first kappa shape index (κ1) is 26.9. The van der Waals surface area contributed by atoms with Crippen LogP contribution in [0.5, 0.6) is 0 Å². The van der Waals surface area contributed by atoms with Gasteiger partial charge in [0.2, 0.25) is 0 Å². The van der Waals surface area contributed by atoms with Crippen LogP contribution in [0.2, 0.25) is 65.0 Å². The van der Waals surface area contributed by atoms with Crippen molar-refractivity contribution in [1.29, 1.82) is 0 Å². The smallest absolute Gasteiger partial charge is 0.324 e. The minimum absolute atomic E-state index is 0. The predicted molar refractivity (Wildman–Crippen MR) is 117 cm³/mol. The minimum Gasteiger partial charge on any atom is -0.454 e. The van der Waals surface area contributed by atoms with Crippen LogP contribution in [0, 0.1) is 0 Å². The van der Waals surface area contributed by atoms with Gasteiger partial charge in [-0.2, -0.15) is 0 Å². The van der Waals surface area contributed by atoms with Crippen molar-refractivity contribution in [3.8, 4) is 0 Å². The zero-order chi connectivity index (χ0) is 18.4. The molecule has 0 aromatic heterocycles. The van der Waals surface area contributed by atoms with Crippen LogP contribution < -0.4 is 11.1 Å². The second-order valence-corrected chi connectivity index (χ2v) is 25.9. The van der Waals surface area contributed by atoms with E-state index in [1.54, 1.807) is 0 Å². The standard InChI is InChI=1S/C14H40N2O3Si4.CH4/c1-20(2,3)18-22(7,8)14-17-23(9,19-21(4,5)6)12-10-11-16-13-15;/h16H,10-15H2,1-9H3;1H4. The van der Waals surface area contributed by atoms with E-state index in [1.165, 1.54) is 0 Å². The van der Waals surface area contributed by atoms with Gasteiger partial charge in [-0.15, -0.1) is 0 Å². The molecule has 0 spiro atoms. The zero-order valence-corrected chi connectivity index (χ0v) is 20.8. The Labute approximate surface area is 155 Å². The van der Waals surface area contributed by atoms with Crippen LogP contribution >= 0.6 is 0 Å². The van der Waals surface area contributed by atoms with Gasteiger partial charge in [-0.3, -0.25) is 0 Å². The summed E-state index contributed by atoms with van der Waals surface area (Å²) in [6, 6.07) is 1.00. The molecule has 0 bridgehead atoms. The molecule has 24 heavy (non-hydrogen) atoms. The summed E-state index contributed by atoms with van der Waals surface area (Å²) in [7, 11) is -7.13. The highest BCUT2D eigenvalue weighted by Crippen LogP contribution is 2.24. The highest BCUT2D eigenvalue weighted by Gasteiger charge is 2.39. The van der Waals surface area contributed by atoms with Crippen LogP contribution in [-0.2, 0) is 12.7 Å².